The highest BCUT2D eigenvalue weighted by molar-refractivity contribution is 5.75. The van der Waals surface area contributed by atoms with Crippen LogP contribution in [0.2, 0.25) is 0 Å². The zero-order chi connectivity index (χ0) is 16.0. The van der Waals surface area contributed by atoms with Crippen LogP contribution in [0.4, 0.5) is 4.79 Å². The number of hydrogen-bond donors (Lipinski definition) is 3. The molecule has 1 atom stereocenters. The van der Waals surface area contributed by atoms with Gasteiger partial charge in [-0.2, -0.15) is 0 Å². The molecule has 128 valence electrons. The fourth-order valence-electron chi connectivity index (χ4n) is 3.91. The molecule has 22 heavy (non-hydrogen) atoms. The first-order valence-electron chi connectivity index (χ1n) is 9.00. The van der Waals surface area contributed by atoms with Gasteiger partial charge in [-0.25, -0.2) is 4.79 Å². The van der Waals surface area contributed by atoms with Gasteiger partial charge in [0, 0.05) is 25.2 Å². The number of nitrogens with zero attached hydrogens (tertiary/aromatic N) is 1. The maximum absolute atomic E-state index is 12.2. The summed E-state index contributed by atoms with van der Waals surface area (Å²) in [5, 5.41) is 15.5. The first kappa shape index (κ1) is 17.5. The van der Waals surface area contributed by atoms with Gasteiger partial charge in [-0.1, -0.05) is 26.2 Å². The van der Waals surface area contributed by atoms with Crippen LogP contribution < -0.4 is 10.6 Å². The zero-order valence-electron chi connectivity index (χ0n) is 14.2. The number of aliphatic hydroxyl groups is 1. The van der Waals surface area contributed by atoms with Crippen molar-refractivity contribution in [2.45, 2.75) is 82.8 Å². The second-order valence-corrected chi connectivity index (χ2v) is 7.32. The number of likely N-dealkylation sites (tertiary alicyclic amines) is 1. The highest BCUT2D eigenvalue weighted by Gasteiger charge is 2.29. The molecule has 2 rings (SSSR count). The lowest BCUT2D eigenvalue weighted by Gasteiger charge is -2.37. The van der Waals surface area contributed by atoms with E-state index < -0.39 is 5.54 Å². The number of urea groups is 1. The summed E-state index contributed by atoms with van der Waals surface area (Å²) in [6.07, 6.45) is 9.26. The molecule has 3 N–H and O–H groups in total. The minimum Gasteiger partial charge on any atom is -0.394 e. The first-order chi connectivity index (χ1) is 10.6. The molecule has 0 radical (unpaired) electrons. The summed E-state index contributed by atoms with van der Waals surface area (Å²) in [4.78, 5) is 14.8. The number of piperidine rings is 1. The maximum Gasteiger partial charge on any atom is 0.315 e. The average molecular weight is 311 g/mol. The van der Waals surface area contributed by atoms with Crippen molar-refractivity contribution in [3.63, 3.8) is 0 Å². The Bertz CT molecular complexity index is 350. The zero-order valence-corrected chi connectivity index (χ0v) is 14.2. The Balaban J connectivity index is 1.72. The molecule has 0 aromatic rings. The van der Waals surface area contributed by atoms with Crippen molar-refractivity contribution in [1.29, 1.82) is 0 Å². The molecule has 5 nitrogen and oxygen atoms in total. The van der Waals surface area contributed by atoms with E-state index in [9.17, 15) is 9.90 Å². The summed E-state index contributed by atoms with van der Waals surface area (Å²) in [5.74, 6) is 0. The Morgan fingerprint density at radius 1 is 1.23 bits per heavy atom. The molecule has 1 aliphatic carbocycles. The lowest BCUT2D eigenvalue weighted by atomic mass is 9.97. The van der Waals surface area contributed by atoms with Crippen LogP contribution in [0.15, 0.2) is 0 Å². The molecule has 2 fully saturated rings. The van der Waals surface area contributed by atoms with Crippen LogP contribution >= 0.6 is 0 Å². The maximum atomic E-state index is 12.2. The third-order valence-electron chi connectivity index (χ3n) is 5.27. The summed E-state index contributed by atoms with van der Waals surface area (Å²) < 4.78 is 0. The van der Waals surface area contributed by atoms with Gasteiger partial charge in [-0.05, 0) is 39.0 Å². The van der Waals surface area contributed by atoms with Crippen molar-refractivity contribution in [3.8, 4) is 0 Å². The average Bonchev–Trinajstić information content (AvgIpc) is 3.02. The molecule has 5 heteroatoms. The van der Waals surface area contributed by atoms with Crippen molar-refractivity contribution in [2.75, 3.05) is 19.7 Å². The molecule has 2 amide bonds. The van der Waals surface area contributed by atoms with Crippen LogP contribution in [0.25, 0.3) is 0 Å². The van der Waals surface area contributed by atoms with Crippen molar-refractivity contribution in [1.82, 2.24) is 15.5 Å². The quantitative estimate of drug-likeness (QED) is 0.705. The van der Waals surface area contributed by atoms with Gasteiger partial charge in [0.1, 0.15) is 0 Å². The first-order valence-corrected chi connectivity index (χ1v) is 9.00. The largest absolute Gasteiger partial charge is 0.394 e. The van der Waals surface area contributed by atoms with E-state index in [2.05, 4.69) is 22.5 Å². The number of nitrogens with one attached hydrogen (secondary N) is 2. The fraction of sp³-hybridized carbons (Fsp3) is 0.941. The number of carbonyl (C=O) groups excluding carboxylic acids is 1. The van der Waals surface area contributed by atoms with Crippen molar-refractivity contribution >= 4 is 6.03 Å². The van der Waals surface area contributed by atoms with Gasteiger partial charge in [0.25, 0.3) is 0 Å². The molecule has 0 bridgehead atoms. The second kappa shape index (κ2) is 8.16. The molecular formula is C17H33N3O2. The van der Waals surface area contributed by atoms with Crippen molar-refractivity contribution in [2.24, 2.45) is 0 Å². The minimum atomic E-state index is -0.511. The van der Waals surface area contributed by atoms with E-state index in [0.29, 0.717) is 0 Å². The van der Waals surface area contributed by atoms with Crippen LogP contribution in [-0.2, 0) is 0 Å². The Hall–Kier alpha value is -0.810. The molecule has 1 aliphatic heterocycles. The van der Waals surface area contributed by atoms with E-state index in [1.54, 1.807) is 0 Å². The van der Waals surface area contributed by atoms with Crippen molar-refractivity contribution in [3.05, 3.63) is 0 Å². The molecule has 0 aromatic carbocycles. The van der Waals surface area contributed by atoms with Crippen LogP contribution in [0.1, 0.15) is 65.2 Å². The van der Waals surface area contributed by atoms with Gasteiger partial charge < -0.3 is 20.6 Å². The molecule has 1 unspecified atom stereocenters. The van der Waals surface area contributed by atoms with E-state index in [0.717, 1.165) is 44.8 Å². The van der Waals surface area contributed by atoms with Crippen molar-refractivity contribution < 1.29 is 9.90 Å². The highest BCUT2D eigenvalue weighted by Crippen LogP contribution is 2.26. The summed E-state index contributed by atoms with van der Waals surface area (Å²) in [7, 11) is 0. The smallest absolute Gasteiger partial charge is 0.315 e. The van der Waals surface area contributed by atoms with Crippen LogP contribution in [0, 0.1) is 0 Å². The summed E-state index contributed by atoms with van der Waals surface area (Å²) in [5.41, 5.74) is -0.511. The number of aliphatic hydroxyl groups excluding tert-OH is 1. The summed E-state index contributed by atoms with van der Waals surface area (Å²) in [6.45, 7) is 6.14. The standard InChI is InChI=1S/C17H33N3O2/c1-3-10-17(2,13-21)19-16(22)18-14-8-11-20(12-9-14)15-6-4-5-7-15/h14-15,21H,3-13H2,1-2H3,(H2,18,19,22). The molecule has 0 spiro atoms. The minimum absolute atomic E-state index is 0.0195. The monoisotopic (exact) mass is 311 g/mol. The Morgan fingerprint density at radius 3 is 2.41 bits per heavy atom. The molecule has 1 heterocycles. The Morgan fingerprint density at radius 2 is 1.86 bits per heavy atom. The van der Waals surface area contributed by atoms with E-state index in [1.807, 2.05) is 6.92 Å². The Kier molecular flexibility index (Phi) is 6.50. The van der Waals surface area contributed by atoms with E-state index in [1.165, 1.54) is 25.7 Å². The predicted octanol–water partition coefficient (Wildman–Crippen LogP) is 2.24. The van der Waals surface area contributed by atoms with E-state index in [4.69, 9.17) is 0 Å². The predicted molar refractivity (Wildman–Crippen MR) is 88.9 cm³/mol. The third kappa shape index (κ3) is 4.85. The van der Waals surface area contributed by atoms with Crippen LogP contribution in [0.3, 0.4) is 0 Å². The van der Waals surface area contributed by atoms with Gasteiger partial charge in [0.2, 0.25) is 0 Å². The lowest BCUT2D eigenvalue weighted by Crippen LogP contribution is -2.56. The molecule has 2 aliphatic rings. The highest BCUT2D eigenvalue weighted by atomic mass is 16.3. The second-order valence-electron chi connectivity index (χ2n) is 7.32. The number of amides is 2. The van der Waals surface area contributed by atoms with Gasteiger partial charge in [0.15, 0.2) is 0 Å². The van der Waals surface area contributed by atoms with Gasteiger partial charge in [-0.15, -0.1) is 0 Å². The molecule has 0 aromatic heterocycles. The van der Waals surface area contributed by atoms with Crippen LogP contribution in [0.5, 0.6) is 0 Å². The van der Waals surface area contributed by atoms with Gasteiger partial charge in [-0.3, -0.25) is 0 Å². The number of rotatable bonds is 6. The van der Waals surface area contributed by atoms with E-state index in [-0.39, 0.29) is 18.7 Å². The fourth-order valence-corrected chi connectivity index (χ4v) is 3.91. The van der Waals surface area contributed by atoms with E-state index >= 15 is 0 Å². The Labute approximate surface area is 134 Å². The molecule has 1 saturated carbocycles. The lowest BCUT2D eigenvalue weighted by molar-refractivity contribution is 0.139. The molecule has 1 saturated heterocycles. The van der Waals surface area contributed by atoms with Crippen LogP contribution in [-0.4, -0.2) is 53.4 Å². The number of hydrogen-bond acceptors (Lipinski definition) is 3. The number of carbonyl (C=O) groups is 1. The topological polar surface area (TPSA) is 64.6 Å². The SMILES string of the molecule is CCCC(C)(CO)NC(=O)NC1CCN(C2CCCC2)CC1. The third-order valence-corrected chi connectivity index (χ3v) is 5.27. The summed E-state index contributed by atoms with van der Waals surface area (Å²) in [6, 6.07) is 0.920. The van der Waals surface area contributed by atoms with Gasteiger partial charge in [0.05, 0.1) is 12.1 Å². The summed E-state index contributed by atoms with van der Waals surface area (Å²) >= 11 is 0. The molecular weight excluding hydrogens is 278 g/mol. The normalized spacial score (nSPS) is 24.1. The van der Waals surface area contributed by atoms with Gasteiger partial charge >= 0.3 is 6.03 Å².